The molecule has 10 heteroatoms. The fourth-order valence-corrected chi connectivity index (χ4v) is 2.44. The molecule has 10 nitrogen and oxygen atoms in total. The zero-order valence-corrected chi connectivity index (χ0v) is 14.9. The number of nitrogens with zero attached hydrogens (tertiary/aromatic N) is 3. The van der Waals surface area contributed by atoms with Crippen LogP contribution in [-0.4, -0.2) is 26.5 Å². The third-order valence-electron chi connectivity index (χ3n) is 3.89. The Bertz CT molecular complexity index is 992. The third-order valence-corrected chi connectivity index (χ3v) is 3.89. The van der Waals surface area contributed by atoms with Crippen molar-refractivity contribution in [2.45, 2.75) is 20.0 Å². The van der Waals surface area contributed by atoms with Crippen molar-refractivity contribution in [3.63, 3.8) is 0 Å². The number of nitro benzene ring substituents is 1. The number of hydrogen-bond donors (Lipinski definition) is 2. The standard InChI is InChI=1S/C18H17N5O5/c1-2-22-11-15(16(21-22)18(25)19-10-14-4-3-9-28-14)20-17(24)12-5-7-13(8-6-12)23(26)27/h3-9,11H,2,10H2,1H3,(H,19,25)(H,20,24). The van der Waals surface area contributed by atoms with Crippen molar-refractivity contribution >= 4 is 23.2 Å². The summed E-state index contributed by atoms with van der Waals surface area (Å²) in [5, 5.41) is 20.2. The number of aryl methyl sites for hydroxylation is 1. The van der Waals surface area contributed by atoms with Crippen LogP contribution in [0.25, 0.3) is 0 Å². The van der Waals surface area contributed by atoms with Gasteiger partial charge in [-0.25, -0.2) is 0 Å². The van der Waals surface area contributed by atoms with Gasteiger partial charge in [0.2, 0.25) is 0 Å². The lowest BCUT2D eigenvalue weighted by Crippen LogP contribution is -2.25. The number of non-ortho nitro benzene ring substituents is 1. The predicted molar refractivity (Wildman–Crippen MR) is 98.8 cm³/mol. The number of nitrogens with one attached hydrogen (secondary N) is 2. The number of rotatable bonds is 7. The van der Waals surface area contributed by atoms with E-state index in [0.717, 1.165) is 0 Å². The van der Waals surface area contributed by atoms with Gasteiger partial charge in [-0.2, -0.15) is 5.10 Å². The van der Waals surface area contributed by atoms with Crippen LogP contribution in [0.2, 0.25) is 0 Å². The summed E-state index contributed by atoms with van der Waals surface area (Å²) in [4.78, 5) is 35.1. The summed E-state index contributed by atoms with van der Waals surface area (Å²) in [7, 11) is 0. The van der Waals surface area contributed by atoms with Gasteiger partial charge in [0.15, 0.2) is 5.69 Å². The second kappa shape index (κ2) is 8.16. The van der Waals surface area contributed by atoms with Gasteiger partial charge in [0.1, 0.15) is 5.76 Å². The zero-order chi connectivity index (χ0) is 20.1. The van der Waals surface area contributed by atoms with Crippen molar-refractivity contribution in [3.8, 4) is 0 Å². The molecular formula is C18H17N5O5. The quantitative estimate of drug-likeness (QED) is 0.476. The van der Waals surface area contributed by atoms with E-state index in [2.05, 4.69) is 15.7 Å². The number of amides is 2. The summed E-state index contributed by atoms with van der Waals surface area (Å²) in [6, 6.07) is 8.59. The molecule has 144 valence electrons. The summed E-state index contributed by atoms with van der Waals surface area (Å²) in [6.45, 7) is 2.53. The maximum absolute atomic E-state index is 12.5. The minimum absolute atomic E-state index is 0.0590. The molecule has 2 heterocycles. The van der Waals surface area contributed by atoms with Gasteiger partial charge in [0.25, 0.3) is 17.5 Å². The minimum atomic E-state index is -0.547. The number of hydrogen-bond acceptors (Lipinski definition) is 6. The Morgan fingerprint density at radius 1 is 1.21 bits per heavy atom. The highest BCUT2D eigenvalue weighted by atomic mass is 16.6. The molecule has 0 radical (unpaired) electrons. The fraction of sp³-hybridized carbons (Fsp3) is 0.167. The lowest BCUT2D eigenvalue weighted by molar-refractivity contribution is -0.384. The number of aromatic nitrogens is 2. The van der Waals surface area contributed by atoms with Crippen LogP contribution in [-0.2, 0) is 13.1 Å². The summed E-state index contributed by atoms with van der Waals surface area (Å²) < 4.78 is 6.69. The lowest BCUT2D eigenvalue weighted by Gasteiger charge is -2.06. The first-order chi connectivity index (χ1) is 13.5. The molecule has 0 aliphatic rings. The van der Waals surface area contributed by atoms with Gasteiger partial charge in [0.05, 0.1) is 23.4 Å². The van der Waals surface area contributed by atoms with E-state index in [1.54, 1.807) is 18.3 Å². The van der Waals surface area contributed by atoms with Gasteiger partial charge < -0.3 is 15.1 Å². The van der Waals surface area contributed by atoms with Gasteiger partial charge >= 0.3 is 0 Å². The molecule has 3 rings (SSSR count). The summed E-state index contributed by atoms with van der Waals surface area (Å²) >= 11 is 0. The Morgan fingerprint density at radius 3 is 2.57 bits per heavy atom. The molecular weight excluding hydrogens is 366 g/mol. The van der Waals surface area contributed by atoms with Crippen molar-refractivity contribution in [2.75, 3.05) is 5.32 Å². The first-order valence-corrected chi connectivity index (χ1v) is 8.41. The molecule has 0 atom stereocenters. The summed E-state index contributed by atoms with van der Waals surface area (Å²) in [5.41, 5.74) is 0.399. The second-order valence-electron chi connectivity index (χ2n) is 5.77. The summed E-state index contributed by atoms with van der Waals surface area (Å²) in [5.74, 6) is -0.395. The first kappa shape index (κ1) is 18.8. The van der Waals surface area contributed by atoms with Gasteiger partial charge in [-0.3, -0.25) is 24.4 Å². The van der Waals surface area contributed by atoms with Crippen LogP contribution < -0.4 is 10.6 Å². The Kier molecular flexibility index (Phi) is 5.49. The zero-order valence-electron chi connectivity index (χ0n) is 14.9. The molecule has 28 heavy (non-hydrogen) atoms. The van der Waals surface area contributed by atoms with Gasteiger partial charge in [0, 0.05) is 30.4 Å². The maximum atomic E-state index is 12.5. The molecule has 3 aromatic rings. The molecule has 0 spiro atoms. The maximum Gasteiger partial charge on any atom is 0.274 e. The average molecular weight is 383 g/mol. The van der Waals surface area contributed by atoms with Crippen molar-refractivity contribution in [1.82, 2.24) is 15.1 Å². The number of carbonyl (C=O) groups excluding carboxylic acids is 2. The lowest BCUT2D eigenvalue weighted by atomic mass is 10.2. The third kappa shape index (κ3) is 4.23. The smallest absolute Gasteiger partial charge is 0.274 e. The molecule has 2 N–H and O–H groups in total. The molecule has 2 aromatic heterocycles. The predicted octanol–water partition coefficient (Wildman–Crippen LogP) is 2.59. The van der Waals surface area contributed by atoms with Crippen LogP contribution >= 0.6 is 0 Å². The van der Waals surface area contributed by atoms with E-state index in [9.17, 15) is 19.7 Å². The number of anilines is 1. The Morgan fingerprint density at radius 2 is 1.96 bits per heavy atom. The molecule has 1 aromatic carbocycles. The molecule has 0 aliphatic heterocycles. The summed E-state index contributed by atoms with van der Waals surface area (Å²) in [6.07, 6.45) is 3.05. The Balaban J connectivity index is 1.75. The highest BCUT2D eigenvalue weighted by Gasteiger charge is 2.19. The molecule has 2 amide bonds. The monoisotopic (exact) mass is 383 g/mol. The molecule has 0 fully saturated rings. The number of carbonyl (C=O) groups is 2. The van der Waals surface area contributed by atoms with Gasteiger partial charge in [-0.15, -0.1) is 0 Å². The first-order valence-electron chi connectivity index (χ1n) is 8.41. The molecule has 0 saturated heterocycles. The van der Waals surface area contributed by atoms with E-state index < -0.39 is 16.7 Å². The van der Waals surface area contributed by atoms with Crippen LogP contribution in [0.15, 0.2) is 53.3 Å². The molecule has 0 bridgehead atoms. The average Bonchev–Trinajstić information content (AvgIpc) is 3.36. The van der Waals surface area contributed by atoms with Crippen LogP contribution in [0.3, 0.4) is 0 Å². The van der Waals surface area contributed by atoms with Gasteiger partial charge in [-0.05, 0) is 31.2 Å². The van der Waals surface area contributed by atoms with Crippen LogP contribution in [0.5, 0.6) is 0 Å². The van der Waals surface area contributed by atoms with E-state index in [1.807, 2.05) is 6.92 Å². The van der Waals surface area contributed by atoms with Crippen LogP contribution in [0.1, 0.15) is 33.5 Å². The van der Waals surface area contributed by atoms with Gasteiger partial charge in [-0.1, -0.05) is 0 Å². The van der Waals surface area contributed by atoms with E-state index in [0.29, 0.717) is 12.3 Å². The number of benzene rings is 1. The highest BCUT2D eigenvalue weighted by molar-refractivity contribution is 6.08. The van der Waals surface area contributed by atoms with E-state index >= 15 is 0 Å². The van der Waals surface area contributed by atoms with Crippen molar-refractivity contribution in [1.29, 1.82) is 0 Å². The second-order valence-corrected chi connectivity index (χ2v) is 5.77. The number of nitro groups is 1. The molecule has 0 unspecified atom stereocenters. The van der Waals surface area contributed by atoms with Crippen molar-refractivity contribution in [2.24, 2.45) is 0 Å². The molecule has 0 saturated carbocycles. The van der Waals surface area contributed by atoms with Crippen molar-refractivity contribution in [3.05, 3.63) is 76.0 Å². The van der Waals surface area contributed by atoms with E-state index in [-0.39, 0.29) is 29.2 Å². The van der Waals surface area contributed by atoms with E-state index in [4.69, 9.17) is 4.42 Å². The topological polar surface area (TPSA) is 132 Å². The largest absolute Gasteiger partial charge is 0.467 e. The van der Waals surface area contributed by atoms with Crippen LogP contribution in [0, 0.1) is 10.1 Å². The normalized spacial score (nSPS) is 10.5. The van der Waals surface area contributed by atoms with Crippen molar-refractivity contribution < 1.29 is 18.9 Å². The Labute approximate surface area is 159 Å². The Hall–Kier alpha value is -3.95. The molecule has 0 aliphatic carbocycles. The fourth-order valence-electron chi connectivity index (χ4n) is 2.44. The number of furan rings is 1. The van der Waals surface area contributed by atoms with Crippen LogP contribution in [0.4, 0.5) is 11.4 Å². The van der Waals surface area contributed by atoms with E-state index in [1.165, 1.54) is 35.2 Å². The highest BCUT2D eigenvalue weighted by Crippen LogP contribution is 2.17. The SMILES string of the molecule is CCn1cc(NC(=O)c2ccc([N+](=O)[O-])cc2)c(C(=O)NCc2ccco2)n1. The minimum Gasteiger partial charge on any atom is -0.467 e.